The number of aromatic nitrogens is 1. The van der Waals surface area contributed by atoms with Gasteiger partial charge >= 0.3 is 5.76 Å². The van der Waals surface area contributed by atoms with Gasteiger partial charge in [0.2, 0.25) is 5.91 Å². The third-order valence-electron chi connectivity index (χ3n) is 2.64. The minimum absolute atomic E-state index is 0.127. The molecule has 1 amide bonds. The maximum atomic E-state index is 11.3. The number of nitrogens with zero attached hydrogens (tertiary/aromatic N) is 1. The number of oxazole rings is 1. The number of carbonyl (C=O) groups is 1. The Balaban J connectivity index is 2.40. The van der Waals surface area contributed by atoms with E-state index < -0.39 is 5.76 Å². The Labute approximate surface area is 103 Å². The molecule has 1 aromatic heterocycles. The van der Waals surface area contributed by atoms with Gasteiger partial charge in [0.05, 0.1) is 23.4 Å². The van der Waals surface area contributed by atoms with Crippen molar-refractivity contribution in [2.45, 2.75) is 0 Å². The van der Waals surface area contributed by atoms with Crippen LogP contribution >= 0.6 is 0 Å². The van der Waals surface area contributed by atoms with E-state index in [2.05, 4.69) is 10.3 Å². The monoisotopic (exact) mass is 250 g/mol. The molecule has 0 atom stereocenters. The standard InChI is InChI=1S/C11H14N4O3/c1-13-10(16)5-15(2)8-4-7-9(3-6(8)12)18-11(17)14-7/h3-4H,5,12H2,1-2H3,(H,13,16)(H,14,17). The highest BCUT2D eigenvalue weighted by Gasteiger charge is 2.12. The van der Waals surface area contributed by atoms with Crippen LogP contribution < -0.4 is 21.7 Å². The fraction of sp³-hybridized carbons (Fsp3) is 0.273. The van der Waals surface area contributed by atoms with Gasteiger partial charge in [-0.1, -0.05) is 0 Å². The van der Waals surface area contributed by atoms with Crippen LogP contribution in [0.15, 0.2) is 21.3 Å². The molecule has 7 heteroatoms. The minimum Gasteiger partial charge on any atom is -0.408 e. The van der Waals surface area contributed by atoms with Crippen molar-refractivity contribution in [2.24, 2.45) is 0 Å². The molecule has 18 heavy (non-hydrogen) atoms. The summed E-state index contributed by atoms with van der Waals surface area (Å²) in [5.41, 5.74) is 7.91. The molecule has 0 unspecified atom stereocenters. The molecule has 0 spiro atoms. The Bertz CT molecular complexity index is 643. The van der Waals surface area contributed by atoms with E-state index in [1.807, 2.05) is 0 Å². The fourth-order valence-electron chi connectivity index (χ4n) is 1.71. The average molecular weight is 250 g/mol. The van der Waals surface area contributed by atoms with E-state index in [0.717, 1.165) is 0 Å². The number of anilines is 2. The zero-order chi connectivity index (χ0) is 13.3. The third kappa shape index (κ3) is 2.15. The molecule has 0 radical (unpaired) electrons. The number of nitrogens with two attached hydrogens (primary N) is 1. The number of nitrogen functional groups attached to an aromatic ring is 1. The van der Waals surface area contributed by atoms with Gasteiger partial charge in [0.15, 0.2) is 5.58 Å². The molecule has 0 fully saturated rings. The molecule has 4 N–H and O–H groups in total. The first-order valence-electron chi connectivity index (χ1n) is 5.35. The number of benzene rings is 1. The first-order valence-corrected chi connectivity index (χ1v) is 5.35. The summed E-state index contributed by atoms with van der Waals surface area (Å²) in [5.74, 6) is -0.659. The molecule has 0 aliphatic carbocycles. The number of likely N-dealkylation sites (N-methyl/N-ethyl adjacent to an activating group) is 2. The van der Waals surface area contributed by atoms with Crippen LogP contribution in [0.25, 0.3) is 11.1 Å². The SMILES string of the molecule is CNC(=O)CN(C)c1cc2[nH]c(=O)oc2cc1N. The molecule has 1 heterocycles. The lowest BCUT2D eigenvalue weighted by Gasteiger charge is -2.19. The summed E-state index contributed by atoms with van der Waals surface area (Å²) in [6, 6.07) is 3.24. The number of amides is 1. The summed E-state index contributed by atoms with van der Waals surface area (Å²) in [6.07, 6.45) is 0. The van der Waals surface area contributed by atoms with Crippen LogP contribution in [-0.2, 0) is 4.79 Å². The van der Waals surface area contributed by atoms with Gasteiger partial charge in [-0.05, 0) is 6.07 Å². The van der Waals surface area contributed by atoms with Crippen LogP contribution in [0.3, 0.4) is 0 Å². The maximum Gasteiger partial charge on any atom is 0.417 e. The number of hydrogen-bond acceptors (Lipinski definition) is 5. The molecule has 0 bridgehead atoms. The summed E-state index contributed by atoms with van der Waals surface area (Å²) >= 11 is 0. The number of aromatic amines is 1. The van der Waals surface area contributed by atoms with E-state index in [-0.39, 0.29) is 12.5 Å². The quantitative estimate of drug-likeness (QED) is 0.659. The van der Waals surface area contributed by atoms with Crippen LogP contribution in [0.5, 0.6) is 0 Å². The van der Waals surface area contributed by atoms with Gasteiger partial charge in [-0.15, -0.1) is 0 Å². The van der Waals surface area contributed by atoms with Gasteiger partial charge in [-0.2, -0.15) is 0 Å². The smallest absolute Gasteiger partial charge is 0.408 e. The molecule has 2 rings (SSSR count). The molecule has 0 saturated carbocycles. The van der Waals surface area contributed by atoms with E-state index in [0.29, 0.717) is 22.5 Å². The molecule has 2 aromatic rings. The highest BCUT2D eigenvalue weighted by atomic mass is 16.4. The molecule has 1 aromatic carbocycles. The van der Waals surface area contributed by atoms with E-state index in [1.165, 1.54) is 0 Å². The van der Waals surface area contributed by atoms with Gasteiger partial charge in [0.25, 0.3) is 0 Å². The maximum absolute atomic E-state index is 11.3. The highest BCUT2D eigenvalue weighted by molar-refractivity contribution is 5.88. The Morgan fingerprint density at radius 3 is 2.94 bits per heavy atom. The van der Waals surface area contributed by atoms with Gasteiger partial charge in [-0.3, -0.25) is 9.78 Å². The van der Waals surface area contributed by atoms with Crippen molar-refractivity contribution in [2.75, 3.05) is 31.3 Å². The Kier molecular flexibility index (Phi) is 2.97. The first kappa shape index (κ1) is 12.0. The fourth-order valence-corrected chi connectivity index (χ4v) is 1.71. The van der Waals surface area contributed by atoms with Crippen LogP contribution in [0.4, 0.5) is 11.4 Å². The minimum atomic E-state index is -0.532. The molecular weight excluding hydrogens is 236 g/mol. The number of fused-ring (bicyclic) bond motifs is 1. The summed E-state index contributed by atoms with van der Waals surface area (Å²) in [4.78, 5) is 26.6. The Hall–Kier alpha value is -2.44. The predicted molar refractivity (Wildman–Crippen MR) is 68.6 cm³/mol. The van der Waals surface area contributed by atoms with E-state index in [1.54, 1.807) is 31.1 Å². The molecule has 0 saturated heterocycles. The van der Waals surface area contributed by atoms with Crippen molar-refractivity contribution in [3.05, 3.63) is 22.7 Å². The summed E-state index contributed by atoms with van der Waals surface area (Å²) in [5, 5.41) is 2.53. The Morgan fingerprint density at radius 2 is 2.28 bits per heavy atom. The lowest BCUT2D eigenvalue weighted by atomic mass is 10.2. The second kappa shape index (κ2) is 4.44. The second-order valence-electron chi connectivity index (χ2n) is 3.95. The lowest BCUT2D eigenvalue weighted by molar-refractivity contribution is -0.119. The van der Waals surface area contributed by atoms with Crippen molar-refractivity contribution in [1.29, 1.82) is 0 Å². The van der Waals surface area contributed by atoms with Gasteiger partial charge in [-0.25, -0.2) is 4.79 Å². The van der Waals surface area contributed by atoms with Crippen LogP contribution in [-0.4, -0.2) is 31.5 Å². The third-order valence-corrected chi connectivity index (χ3v) is 2.64. The first-order chi connectivity index (χ1) is 8.51. The van der Waals surface area contributed by atoms with E-state index >= 15 is 0 Å². The lowest BCUT2D eigenvalue weighted by Crippen LogP contribution is -2.33. The number of rotatable bonds is 3. The van der Waals surface area contributed by atoms with Crippen molar-refractivity contribution < 1.29 is 9.21 Å². The van der Waals surface area contributed by atoms with Crippen LogP contribution in [0.2, 0.25) is 0 Å². The number of hydrogen-bond donors (Lipinski definition) is 3. The second-order valence-corrected chi connectivity index (χ2v) is 3.95. The van der Waals surface area contributed by atoms with Gasteiger partial charge < -0.3 is 20.4 Å². The largest absolute Gasteiger partial charge is 0.417 e. The number of carbonyl (C=O) groups excluding carboxylic acids is 1. The molecule has 96 valence electrons. The van der Waals surface area contributed by atoms with E-state index in [4.69, 9.17) is 10.2 Å². The van der Waals surface area contributed by atoms with Gasteiger partial charge in [0, 0.05) is 20.2 Å². The number of nitrogens with one attached hydrogen (secondary N) is 2. The van der Waals surface area contributed by atoms with Crippen molar-refractivity contribution in [3.63, 3.8) is 0 Å². The van der Waals surface area contributed by atoms with Crippen LogP contribution in [0.1, 0.15) is 0 Å². The van der Waals surface area contributed by atoms with Crippen LogP contribution in [0, 0.1) is 0 Å². The predicted octanol–water partition coefficient (Wildman–Crippen LogP) is -0.115. The van der Waals surface area contributed by atoms with Crippen molar-refractivity contribution >= 4 is 28.4 Å². The van der Waals surface area contributed by atoms with Gasteiger partial charge in [0.1, 0.15) is 0 Å². The summed E-state index contributed by atoms with van der Waals surface area (Å²) in [7, 11) is 3.31. The molecule has 7 nitrogen and oxygen atoms in total. The number of H-pyrrole nitrogens is 1. The highest BCUT2D eigenvalue weighted by Crippen LogP contribution is 2.26. The molecule has 0 aliphatic heterocycles. The summed E-state index contributed by atoms with van der Waals surface area (Å²) < 4.78 is 4.90. The van der Waals surface area contributed by atoms with Crippen molar-refractivity contribution in [3.8, 4) is 0 Å². The van der Waals surface area contributed by atoms with Crippen molar-refractivity contribution in [1.82, 2.24) is 10.3 Å². The summed E-state index contributed by atoms with van der Waals surface area (Å²) in [6.45, 7) is 0.175. The zero-order valence-corrected chi connectivity index (χ0v) is 10.1. The topological polar surface area (TPSA) is 104 Å². The zero-order valence-electron chi connectivity index (χ0n) is 10.1. The Morgan fingerprint density at radius 1 is 1.56 bits per heavy atom. The normalized spacial score (nSPS) is 10.6. The molecule has 0 aliphatic rings. The molecular formula is C11H14N4O3. The average Bonchev–Trinajstić information content (AvgIpc) is 2.66. The van der Waals surface area contributed by atoms with E-state index in [9.17, 15) is 9.59 Å².